The van der Waals surface area contributed by atoms with Crippen molar-refractivity contribution in [1.29, 1.82) is 0 Å². The summed E-state index contributed by atoms with van der Waals surface area (Å²) in [5, 5.41) is 0. The minimum Gasteiger partial charge on any atom is -0.450 e. The number of rotatable bonds is 2. The molecule has 2 amide bonds. The molecule has 134 valence electrons. The van der Waals surface area contributed by atoms with E-state index in [4.69, 9.17) is 9.15 Å². The van der Waals surface area contributed by atoms with Crippen LogP contribution in [0.25, 0.3) is 11.1 Å². The summed E-state index contributed by atoms with van der Waals surface area (Å²) in [7, 11) is 1.60. The molecule has 0 N–H and O–H groups in total. The van der Waals surface area contributed by atoms with E-state index in [2.05, 4.69) is 0 Å². The van der Waals surface area contributed by atoms with Crippen LogP contribution in [0.2, 0.25) is 0 Å². The Kier molecular flexibility index (Phi) is 4.78. The molecular formula is C17H21N3O5. The van der Waals surface area contributed by atoms with Gasteiger partial charge in [0.15, 0.2) is 5.58 Å². The number of carbonyl (C=O) groups is 2. The Morgan fingerprint density at radius 2 is 1.88 bits per heavy atom. The number of hydrogen-bond acceptors (Lipinski definition) is 5. The zero-order valence-corrected chi connectivity index (χ0v) is 14.4. The molecule has 0 atom stereocenters. The molecule has 0 aliphatic carbocycles. The van der Waals surface area contributed by atoms with Crippen LogP contribution in [0.15, 0.2) is 27.4 Å². The van der Waals surface area contributed by atoms with Crippen LogP contribution in [0.4, 0.5) is 4.79 Å². The molecule has 1 aliphatic heterocycles. The minimum absolute atomic E-state index is 0.124. The number of carbonyl (C=O) groups excluding carboxylic acids is 2. The minimum atomic E-state index is -0.459. The first-order valence-corrected chi connectivity index (χ1v) is 8.32. The number of ether oxygens (including phenoxy) is 1. The Morgan fingerprint density at radius 1 is 1.16 bits per heavy atom. The predicted octanol–water partition coefficient (Wildman–Crippen LogP) is 1.44. The van der Waals surface area contributed by atoms with E-state index in [9.17, 15) is 14.4 Å². The van der Waals surface area contributed by atoms with Gasteiger partial charge in [-0.3, -0.25) is 9.36 Å². The van der Waals surface area contributed by atoms with Crippen molar-refractivity contribution in [1.82, 2.24) is 14.4 Å². The van der Waals surface area contributed by atoms with Crippen LogP contribution in [0.5, 0.6) is 0 Å². The molecule has 0 radical (unpaired) electrons. The summed E-state index contributed by atoms with van der Waals surface area (Å²) in [5.74, 6) is -0.583. The normalized spacial score (nSPS) is 15.3. The molecule has 1 fully saturated rings. The smallest absolute Gasteiger partial charge is 0.419 e. The van der Waals surface area contributed by atoms with Gasteiger partial charge in [0.05, 0.1) is 12.1 Å². The van der Waals surface area contributed by atoms with Gasteiger partial charge in [-0.2, -0.15) is 0 Å². The molecule has 2 heterocycles. The van der Waals surface area contributed by atoms with Crippen LogP contribution < -0.4 is 5.76 Å². The second-order valence-electron chi connectivity index (χ2n) is 5.94. The molecule has 0 unspecified atom stereocenters. The third-order valence-electron chi connectivity index (χ3n) is 4.35. The highest BCUT2D eigenvalue weighted by Crippen LogP contribution is 2.17. The fourth-order valence-electron chi connectivity index (χ4n) is 2.96. The molecular weight excluding hydrogens is 326 g/mol. The van der Waals surface area contributed by atoms with Crippen LogP contribution in [-0.4, -0.2) is 59.2 Å². The second-order valence-corrected chi connectivity index (χ2v) is 5.94. The Balaban J connectivity index is 1.76. The number of oxazole rings is 1. The fourth-order valence-corrected chi connectivity index (χ4v) is 2.96. The lowest BCUT2D eigenvalue weighted by Crippen LogP contribution is -2.37. The highest BCUT2D eigenvalue weighted by Gasteiger charge is 2.24. The van der Waals surface area contributed by atoms with Gasteiger partial charge in [-0.1, -0.05) is 0 Å². The van der Waals surface area contributed by atoms with E-state index in [0.29, 0.717) is 55.9 Å². The van der Waals surface area contributed by atoms with Crippen molar-refractivity contribution < 1.29 is 18.7 Å². The third kappa shape index (κ3) is 3.38. The van der Waals surface area contributed by atoms with Gasteiger partial charge >= 0.3 is 11.8 Å². The Morgan fingerprint density at radius 3 is 2.64 bits per heavy atom. The van der Waals surface area contributed by atoms with Crippen molar-refractivity contribution in [2.45, 2.75) is 13.3 Å². The molecule has 1 aromatic carbocycles. The van der Waals surface area contributed by atoms with E-state index in [0.717, 1.165) is 0 Å². The van der Waals surface area contributed by atoms with Crippen molar-refractivity contribution >= 4 is 23.1 Å². The van der Waals surface area contributed by atoms with Gasteiger partial charge in [0.25, 0.3) is 5.91 Å². The van der Waals surface area contributed by atoms with E-state index >= 15 is 0 Å². The third-order valence-corrected chi connectivity index (χ3v) is 4.35. The average Bonchev–Trinajstić information content (AvgIpc) is 2.80. The maximum atomic E-state index is 12.8. The van der Waals surface area contributed by atoms with Crippen LogP contribution in [-0.2, 0) is 11.8 Å². The number of aryl methyl sites for hydroxylation is 1. The van der Waals surface area contributed by atoms with E-state index in [1.54, 1.807) is 42.0 Å². The maximum Gasteiger partial charge on any atom is 0.419 e. The summed E-state index contributed by atoms with van der Waals surface area (Å²) >= 11 is 0. The number of hydrogen-bond donors (Lipinski definition) is 0. The lowest BCUT2D eigenvalue weighted by Gasteiger charge is -2.21. The summed E-state index contributed by atoms with van der Waals surface area (Å²) in [6.07, 6.45) is 0.350. The largest absolute Gasteiger partial charge is 0.450 e. The number of aromatic nitrogens is 1. The van der Waals surface area contributed by atoms with E-state index < -0.39 is 5.76 Å². The molecule has 25 heavy (non-hydrogen) atoms. The summed E-state index contributed by atoms with van der Waals surface area (Å²) < 4.78 is 11.5. The van der Waals surface area contributed by atoms with Crippen LogP contribution in [0.1, 0.15) is 23.7 Å². The lowest BCUT2D eigenvalue weighted by molar-refractivity contribution is 0.0753. The first-order valence-electron chi connectivity index (χ1n) is 8.32. The molecule has 1 aromatic heterocycles. The Bertz CT molecular complexity index is 854. The molecule has 8 nitrogen and oxygen atoms in total. The maximum absolute atomic E-state index is 12.8. The fraction of sp³-hybridized carbons (Fsp3) is 0.471. The molecule has 8 heteroatoms. The number of nitrogens with zero attached hydrogens (tertiary/aromatic N) is 3. The van der Waals surface area contributed by atoms with Crippen LogP contribution >= 0.6 is 0 Å². The average molecular weight is 347 g/mol. The number of amides is 2. The number of benzene rings is 1. The molecule has 1 aliphatic rings. The molecule has 1 saturated heterocycles. The number of fused-ring (bicyclic) bond motifs is 1. The first-order chi connectivity index (χ1) is 12.0. The van der Waals surface area contributed by atoms with Crippen molar-refractivity contribution in [3.8, 4) is 0 Å². The van der Waals surface area contributed by atoms with Crippen molar-refractivity contribution in [3.63, 3.8) is 0 Å². The van der Waals surface area contributed by atoms with Gasteiger partial charge in [0, 0.05) is 38.8 Å². The molecule has 0 saturated carbocycles. The van der Waals surface area contributed by atoms with Gasteiger partial charge in [-0.15, -0.1) is 0 Å². The van der Waals surface area contributed by atoms with E-state index in [1.807, 2.05) is 0 Å². The topological polar surface area (TPSA) is 85.0 Å². The molecule has 3 rings (SSSR count). The van der Waals surface area contributed by atoms with Gasteiger partial charge in [-0.25, -0.2) is 9.59 Å². The quantitative estimate of drug-likeness (QED) is 0.820. The Labute approximate surface area is 144 Å². The first kappa shape index (κ1) is 17.1. The Hall–Kier alpha value is -2.77. The summed E-state index contributed by atoms with van der Waals surface area (Å²) in [5.41, 5.74) is 1.53. The van der Waals surface area contributed by atoms with E-state index in [1.165, 1.54) is 4.57 Å². The van der Waals surface area contributed by atoms with Gasteiger partial charge in [0.1, 0.15) is 0 Å². The summed E-state index contributed by atoms with van der Waals surface area (Å²) in [6, 6.07) is 4.95. The summed E-state index contributed by atoms with van der Waals surface area (Å²) in [4.78, 5) is 39.5. The second kappa shape index (κ2) is 7.00. The molecule has 0 spiro atoms. The van der Waals surface area contributed by atoms with E-state index in [-0.39, 0.29) is 12.0 Å². The highest BCUT2D eigenvalue weighted by molar-refractivity contribution is 5.97. The van der Waals surface area contributed by atoms with Gasteiger partial charge in [0.2, 0.25) is 0 Å². The van der Waals surface area contributed by atoms with Crippen LogP contribution in [0.3, 0.4) is 0 Å². The standard InChI is InChI=1S/C17H21N3O5/c1-3-24-17(23)20-8-4-7-19(9-10-20)15(21)12-5-6-14-13(11-12)18(2)16(22)25-14/h5-6,11H,3-4,7-10H2,1-2H3. The van der Waals surface area contributed by atoms with Crippen molar-refractivity contribution in [2.75, 3.05) is 32.8 Å². The van der Waals surface area contributed by atoms with Crippen molar-refractivity contribution in [3.05, 3.63) is 34.3 Å². The predicted molar refractivity (Wildman–Crippen MR) is 90.6 cm³/mol. The lowest BCUT2D eigenvalue weighted by atomic mass is 10.1. The zero-order valence-electron chi connectivity index (χ0n) is 14.4. The molecule has 2 aromatic rings. The van der Waals surface area contributed by atoms with Gasteiger partial charge < -0.3 is 19.0 Å². The highest BCUT2D eigenvalue weighted by atomic mass is 16.6. The monoisotopic (exact) mass is 347 g/mol. The molecule has 0 bridgehead atoms. The van der Waals surface area contributed by atoms with Crippen molar-refractivity contribution in [2.24, 2.45) is 7.05 Å². The van der Waals surface area contributed by atoms with Crippen LogP contribution in [0, 0.1) is 0 Å². The van der Waals surface area contributed by atoms with Gasteiger partial charge in [-0.05, 0) is 31.5 Å². The zero-order chi connectivity index (χ0) is 18.0. The summed E-state index contributed by atoms with van der Waals surface area (Å²) in [6.45, 7) is 4.12. The SMILES string of the molecule is CCOC(=O)N1CCCN(C(=O)c2ccc3oc(=O)n(C)c3c2)CC1.